The molecule has 0 amide bonds. The monoisotopic (exact) mass is 269 g/mol. The van der Waals surface area contributed by atoms with Crippen molar-refractivity contribution in [3.8, 4) is 11.1 Å². The SMILES string of the molecule is Clc1c[c+]c2c3ccccc3c3ccc(Cl)c1c3-2. The predicted octanol–water partition coefficient (Wildman–Crippen LogP) is 5.64. The van der Waals surface area contributed by atoms with Crippen LogP contribution < -0.4 is 0 Å². The van der Waals surface area contributed by atoms with E-state index in [0.717, 1.165) is 16.5 Å². The molecule has 18 heavy (non-hydrogen) atoms. The molecule has 2 aromatic carbocycles. The molecule has 0 heterocycles. The van der Waals surface area contributed by atoms with Crippen molar-refractivity contribution >= 4 is 44.7 Å². The topological polar surface area (TPSA) is 0 Å². The van der Waals surface area contributed by atoms with Crippen molar-refractivity contribution in [1.82, 2.24) is 0 Å². The maximum Gasteiger partial charge on any atom is 0.164 e. The number of rotatable bonds is 0. The lowest BCUT2D eigenvalue weighted by Gasteiger charge is -2.00. The van der Waals surface area contributed by atoms with Gasteiger partial charge in [-0.05, 0) is 35.9 Å². The van der Waals surface area contributed by atoms with Gasteiger partial charge in [-0.25, -0.2) is 0 Å². The Morgan fingerprint density at radius 2 is 1.56 bits per heavy atom. The largest absolute Gasteiger partial charge is 0.164 e. The summed E-state index contributed by atoms with van der Waals surface area (Å²) in [6.07, 6.45) is 0. The van der Waals surface area contributed by atoms with E-state index < -0.39 is 0 Å². The van der Waals surface area contributed by atoms with Gasteiger partial charge in [-0.15, -0.1) is 0 Å². The molecule has 2 aliphatic rings. The van der Waals surface area contributed by atoms with Gasteiger partial charge in [0.05, 0.1) is 22.0 Å². The highest BCUT2D eigenvalue weighted by atomic mass is 35.5. The quantitative estimate of drug-likeness (QED) is 0.362. The van der Waals surface area contributed by atoms with E-state index in [1.807, 2.05) is 18.2 Å². The first-order valence-corrected chi connectivity index (χ1v) is 6.45. The Balaban J connectivity index is 2.41. The zero-order chi connectivity index (χ0) is 12.3. The first kappa shape index (κ1) is 10.3. The molecule has 0 atom stereocenters. The zero-order valence-corrected chi connectivity index (χ0v) is 10.8. The minimum absolute atomic E-state index is 0.661. The van der Waals surface area contributed by atoms with Gasteiger partial charge in [-0.2, -0.15) is 0 Å². The van der Waals surface area contributed by atoms with Crippen LogP contribution in [0.1, 0.15) is 0 Å². The van der Waals surface area contributed by atoms with Gasteiger partial charge in [0.15, 0.2) is 5.56 Å². The predicted molar refractivity (Wildman–Crippen MR) is 78.1 cm³/mol. The molecule has 0 spiro atoms. The lowest BCUT2D eigenvalue weighted by molar-refractivity contribution is 1.73. The molecule has 0 unspecified atom stereocenters. The Morgan fingerprint density at radius 1 is 0.778 bits per heavy atom. The van der Waals surface area contributed by atoms with Crippen LogP contribution in [0.5, 0.6) is 0 Å². The van der Waals surface area contributed by atoms with Crippen LogP contribution in [0.2, 0.25) is 10.0 Å². The number of hydrogen-bond acceptors (Lipinski definition) is 0. The third-order valence-electron chi connectivity index (χ3n) is 3.47. The van der Waals surface area contributed by atoms with Crippen molar-refractivity contribution < 1.29 is 0 Å². The smallest absolute Gasteiger partial charge is 0.0816 e. The Bertz CT molecular complexity index is 848. The van der Waals surface area contributed by atoms with Crippen LogP contribution in [0, 0.1) is 6.07 Å². The molecule has 0 aliphatic heterocycles. The second-order valence-electron chi connectivity index (χ2n) is 4.40. The molecule has 0 N–H and O–H groups in total. The van der Waals surface area contributed by atoms with Crippen molar-refractivity contribution in [3.05, 3.63) is 58.6 Å². The first-order chi connectivity index (χ1) is 8.77. The highest BCUT2D eigenvalue weighted by Crippen LogP contribution is 2.47. The molecule has 4 rings (SSSR count). The Kier molecular flexibility index (Phi) is 1.99. The number of benzene rings is 3. The second kappa shape index (κ2) is 3.46. The van der Waals surface area contributed by atoms with Gasteiger partial charge in [-0.1, -0.05) is 23.7 Å². The number of hydrogen-bond donors (Lipinski definition) is 0. The van der Waals surface area contributed by atoms with Crippen molar-refractivity contribution in [3.63, 3.8) is 0 Å². The molecule has 0 radical (unpaired) electrons. The van der Waals surface area contributed by atoms with Gasteiger partial charge in [0.25, 0.3) is 0 Å². The minimum atomic E-state index is 0.661. The highest BCUT2D eigenvalue weighted by Gasteiger charge is 2.28. The van der Waals surface area contributed by atoms with Crippen LogP contribution in [0.3, 0.4) is 0 Å². The molecule has 2 aliphatic carbocycles. The molecular formula is C16H7Cl2+. The molecule has 0 saturated heterocycles. The molecule has 2 aromatic rings. The van der Waals surface area contributed by atoms with E-state index in [0.29, 0.717) is 10.0 Å². The van der Waals surface area contributed by atoms with Gasteiger partial charge in [0.1, 0.15) is 10.4 Å². The highest BCUT2D eigenvalue weighted by molar-refractivity contribution is 6.44. The van der Waals surface area contributed by atoms with Crippen LogP contribution in [0.4, 0.5) is 0 Å². The van der Waals surface area contributed by atoms with Crippen molar-refractivity contribution in [2.45, 2.75) is 0 Å². The summed E-state index contributed by atoms with van der Waals surface area (Å²) in [6.45, 7) is 0. The number of halogens is 2. The van der Waals surface area contributed by atoms with Crippen LogP contribution in [0.25, 0.3) is 32.7 Å². The fourth-order valence-electron chi connectivity index (χ4n) is 2.72. The Morgan fingerprint density at radius 3 is 2.39 bits per heavy atom. The van der Waals surface area contributed by atoms with E-state index in [9.17, 15) is 0 Å². The van der Waals surface area contributed by atoms with Crippen LogP contribution >= 0.6 is 23.2 Å². The molecule has 2 heteroatoms. The summed E-state index contributed by atoms with van der Waals surface area (Å²) in [5, 5.41) is 5.92. The first-order valence-electron chi connectivity index (χ1n) is 5.69. The summed E-state index contributed by atoms with van der Waals surface area (Å²) in [5.74, 6) is 0. The lowest BCUT2D eigenvalue weighted by atomic mass is 10.00. The van der Waals surface area contributed by atoms with E-state index in [4.69, 9.17) is 23.2 Å². The van der Waals surface area contributed by atoms with Crippen LogP contribution in [-0.2, 0) is 0 Å². The third-order valence-corrected chi connectivity index (χ3v) is 4.09. The summed E-state index contributed by atoms with van der Waals surface area (Å²) in [6, 6.07) is 17.4. The average Bonchev–Trinajstić information content (AvgIpc) is 2.71. The van der Waals surface area contributed by atoms with E-state index in [-0.39, 0.29) is 0 Å². The molecular weight excluding hydrogens is 263 g/mol. The van der Waals surface area contributed by atoms with E-state index in [1.54, 1.807) is 6.07 Å². The van der Waals surface area contributed by atoms with E-state index >= 15 is 0 Å². The summed E-state index contributed by atoms with van der Waals surface area (Å²) in [5.41, 5.74) is 2.22. The van der Waals surface area contributed by atoms with Crippen molar-refractivity contribution in [1.29, 1.82) is 0 Å². The standard InChI is InChI=1S/C16H7Cl2/c17-13-7-5-11-9-3-1-2-4-10(9)12-6-8-14(18)16(13)15(11)12/h1-5,7-8H/q+1. The maximum absolute atomic E-state index is 6.28. The van der Waals surface area contributed by atoms with Crippen molar-refractivity contribution in [2.24, 2.45) is 0 Å². The zero-order valence-electron chi connectivity index (χ0n) is 9.30. The van der Waals surface area contributed by atoms with Gasteiger partial charge in [0.2, 0.25) is 0 Å². The Hall–Kier alpha value is -1.59. The normalized spacial score (nSPS) is 11.7. The van der Waals surface area contributed by atoms with Crippen LogP contribution in [0.15, 0.2) is 42.5 Å². The molecule has 0 nitrogen and oxygen atoms in total. The van der Waals surface area contributed by atoms with Crippen LogP contribution in [-0.4, -0.2) is 0 Å². The molecule has 0 fully saturated rings. The second-order valence-corrected chi connectivity index (χ2v) is 5.22. The molecule has 84 valence electrons. The van der Waals surface area contributed by atoms with Gasteiger partial charge in [0, 0.05) is 16.8 Å². The van der Waals surface area contributed by atoms with E-state index in [1.165, 1.54) is 16.2 Å². The van der Waals surface area contributed by atoms with E-state index in [2.05, 4.69) is 24.3 Å². The van der Waals surface area contributed by atoms with Gasteiger partial charge >= 0.3 is 0 Å². The van der Waals surface area contributed by atoms with Crippen molar-refractivity contribution in [2.75, 3.05) is 0 Å². The molecule has 0 saturated carbocycles. The minimum Gasteiger partial charge on any atom is -0.0816 e. The molecule has 0 aromatic heterocycles. The van der Waals surface area contributed by atoms with Gasteiger partial charge in [-0.3, -0.25) is 0 Å². The summed E-state index contributed by atoms with van der Waals surface area (Å²) < 4.78 is 0. The summed E-state index contributed by atoms with van der Waals surface area (Å²) in [7, 11) is 0. The summed E-state index contributed by atoms with van der Waals surface area (Å²) >= 11 is 12.5. The fourth-order valence-corrected chi connectivity index (χ4v) is 3.28. The lowest BCUT2D eigenvalue weighted by Crippen LogP contribution is -1.82. The third kappa shape index (κ3) is 1.15. The Labute approximate surface area is 114 Å². The van der Waals surface area contributed by atoms with Gasteiger partial charge < -0.3 is 0 Å². The number of fused-ring (bicyclic) bond motifs is 3. The fraction of sp³-hybridized carbons (Fsp3) is 0. The average molecular weight is 270 g/mol. The maximum atomic E-state index is 6.28. The molecule has 0 bridgehead atoms. The summed E-state index contributed by atoms with van der Waals surface area (Å²) in [4.78, 5) is 0.